The van der Waals surface area contributed by atoms with Gasteiger partial charge in [0.1, 0.15) is 5.52 Å². The largest absolute Gasteiger partial charge is 0.394 e. The molecule has 9 nitrogen and oxygen atoms in total. The number of aryl methyl sites for hydroxylation is 1. The van der Waals surface area contributed by atoms with Gasteiger partial charge in [-0.2, -0.15) is 18.2 Å². The van der Waals surface area contributed by atoms with Crippen molar-refractivity contribution in [3.05, 3.63) is 30.1 Å². The molecule has 3 heterocycles. The average molecular weight is 578 g/mol. The molecular formula is C29H42F3N7O2. The van der Waals surface area contributed by atoms with E-state index in [0.29, 0.717) is 24.5 Å². The van der Waals surface area contributed by atoms with Gasteiger partial charge in [-0.25, -0.2) is 4.52 Å². The molecule has 0 radical (unpaired) electrons. The minimum absolute atomic E-state index is 0.0721. The molecule has 0 spiro atoms. The molecule has 0 amide bonds. The van der Waals surface area contributed by atoms with Crippen LogP contribution in [0.3, 0.4) is 0 Å². The van der Waals surface area contributed by atoms with Crippen LogP contribution >= 0.6 is 0 Å². The second-order valence-corrected chi connectivity index (χ2v) is 10.4. The van der Waals surface area contributed by atoms with Crippen molar-refractivity contribution in [2.45, 2.75) is 85.0 Å². The number of aliphatic hydroxyl groups is 1. The van der Waals surface area contributed by atoms with Gasteiger partial charge in [0.15, 0.2) is 5.82 Å². The molecule has 1 aliphatic carbocycles. The molecule has 3 aromatic rings. The summed E-state index contributed by atoms with van der Waals surface area (Å²) >= 11 is 0. The number of hydrogen-bond donors (Lipinski definition) is 3. The first-order valence-electron chi connectivity index (χ1n) is 14.1. The molecule has 12 heteroatoms. The van der Waals surface area contributed by atoms with Gasteiger partial charge in [-0.05, 0) is 63.6 Å². The van der Waals surface area contributed by atoms with E-state index in [1.54, 1.807) is 0 Å². The van der Waals surface area contributed by atoms with Crippen molar-refractivity contribution in [1.29, 1.82) is 0 Å². The maximum atomic E-state index is 10.8. The van der Waals surface area contributed by atoms with Gasteiger partial charge in [0.2, 0.25) is 5.95 Å². The van der Waals surface area contributed by atoms with Crippen LogP contribution in [-0.4, -0.2) is 69.0 Å². The SMILES string of the molecule is CCC(F)(F)F.CNc1nc(NC2CCC(OCCO)CC2)nn2ccc(-c3ccc(N=C(C)C(C)C)c(C)n3)c12. The number of pyridine rings is 1. The first-order chi connectivity index (χ1) is 19.4. The molecule has 0 saturated heterocycles. The van der Waals surface area contributed by atoms with Crippen LogP contribution in [0.25, 0.3) is 16.8 Å². The van der Waals surface area contributed by atoms with Gasteiger partial charge < -0.3 is 20.5 Å². The smallest absolute Gasteiger partial charge is 0.388 e. The lowest BCUT2D eigenvalue weighted by Crippen LogP contribution is -2.31. The predicted octanol–water partition coefficient (Wildman–Crippen LogP) is 6.58. The zero-order valence-corrected chi connectivity index (χ0v) is 24.7. The van der Waals surface area contributed by atoms with E-state index in [0.717, 1.165) is 72.3 Å². The minimum Gasteiger partial charge on any atom is -0.394 e. The van der Waals surface area contributed by atoms with Crippen molar-refractivity contribution in [3.8, 4) is 11.3 Å². The van der Waals surface area contributed by atoms with Crippen molar-refractivity contribution in [2.24, 2.45) is 10.9 Å². The summed E-state index contributed by atoms with van der Waals surface area (Å²) in [6.07, 6.45) is 1.39. The van der Waals surface area contributed by atoms with Gasteiger partial charge >= 0.3 is 6.18 Å². The second-order valence-electron chi connectivity index (χ2n) is 10.4. The molecule has 3 aromatic heterocycles. The Kier molecular flexibility index (Phi) is 11.5. The molecule has 0 unspecified atom stereocenters. The lowest BCUT2D eigenvalue weighted by Gasteiger charge is -2.29. The van der Waals surface area contributed by atoms with Gasteiger partial charge in [0, 0.05) is 37.0 Å². The number of halogens is 3. The number of nitrogens with one attached hydrogen (secondary N) is 2. The van der Waals surface area contributed by atoms with Crippen LogP contribution in [0.2, 0.25) is 0 Å². The number of ether oxygens (including phenoxy) is 1. The van der Waals surface area contributed by atoms with E-state index in [1.165, 1.54) is 0 Å². The molecule has 0 aliphatic heterocycles. The number of aliphatic hydroxyl groups excluding tert-OH is 1. The summed E-state index contributed by atoms with van der Waals surface area (Å²) < 4.78 is 39.9. The molecule has 1 aliphatic rings. The molecule has 1 fully saturated rings. The Morgan fingerprint density at radius 2 is 1.85 bits per heavy atom. The van der Waals surface area contributed by atoms with Crippen molar-refractivity contribution in [1.82, 2.24) is 19.6 Å². The Morgan fingerprint density at radius 1 is 1.17 bits per heavy atom. The fourth-order valence-corrected chi connectivity index (χ4v) is 4.38. The molecule has 41 heavy (non-hydrogen) atoms. The zero-order valence-electron chi connectivity index (χ0n) is 24.7. The van der Waals surface area contributed by atoms with E-state index >= 15 is 0 Å². The van der Waals surface area contributed by atoms with Crippen LogP contribution in [0.5, 0.6) is 0 Å². The number of aromatic nitrogens is 4. The number of hydrogen-bond acceptors (Lipinski definition) is 8. The molecule has 4 rings (SSSR count). The number of anilines is 2. The van der Waals surface area contributed by atoms with Crippen molar-refractivity contribution < 1.29 is 23.0 Å². The highest BCUT2D eigenvalue weighted by Gasteiger charge is 2.24. The Hall–Kier alpha value is -3.25. The van der Waals surface area contributed by atoms with Crippen LogP contribution in [0, 0.1) is 12.8 Å². The van der Waals surface area contributed by atoms with E-state index in [4.69, 9.17) is 29.9 Å². The summed E-state index contributed by atoms with van der Waals surface area (Å²) in [5, 5.41) is 20.4. The highest BCUT2D eigenvalue weighted by molar-refractivity contribution is 5.89. The fourth-order valence-electron chi connectivity index (χ4n) is 4.38. The zero-order chi connectivity index (χ0) is 30.2. The molecule has 0 bridgehead atoms. The Bertz CT molecular complexity index is 1300. The van der Waals surface area contributed by atoms with E-state index in [2.05, 4.69) is 31.4 Å². The summed E-state index contributed by atoms with van der Waals surface area (Å²) in [6.45, 7) is 9.90. The molecular weight excluding hydrogens is 535 g/mol. The van der Waals surface area contributed by atoms with E-state index < -0.39 is 12.6 Å². The highest BCUT2D eigenvalue weighted by atomic mass is 19.4. The van der Waals surface area contributed by atoms with Crippen LogP contribution < -0.4 is 10.6 Å². The highest BCUT2D eigenvalue weighted by Crippen LogP contribution is 2.32. The third-order valence-electron chi connectivity index (χ3n) is 7.07. The number of fused-ring (bicyclic) bond motifs is 1. The third kappa shape index (κ3) is 9.12. The first kappa shape index (κ1) is 32.3. The topological polar surface area (TPSA) is 109 Å². The molecule has 0 atom stereocenters. The number of rotatable bonds is 9. The van der Waals surface area contributed by atoms with Crippen molar-refractivity contribution in [3.63, 3.8) is 0 Å². The number of aliphatic imine (C=N–C) groups is 1. The van der Waals surface area contributed by atoms with Gasteiger partial charge in [-0.1, -0.05) is 20.8 Å². The van der Waals surface area contributed by atoms with Crippen LogP contribution in [0.15, 0.2) is 29.4 Å². The molecule has 3 N–H and O–H groups in total. The Balaban J connectivity index is 0.000000696. The maximum Gasteiger partial charge on any atom is 0.388 e. The van der Waals surface area contributed by atoms with Crippen molar-refractivity contribution >= 4 is 28.7 Å². The normalized spacial score (nSPS) is 17.9. The van der Waals surface area contributed by atoms with Crippen LogP contribution in [0.4, 0.5) is 30.6 Å². The van der Waals surface area contributed by atoms with Gasteiger partial charge in [0.05, 0.1) is 36.4 Å². The Labute approximate surface area is 239 Å². The van der Waals surface area contributed by atoms with Crippen LogP contribution in [0.1, 0.15) is 65.5 Å². The van der Waals surface area contributed by atoms with Crippen molar-refractivity contribution in [2.75, 3.05) is 30.9 Å². The Morgan fingerprint density at radius 3 is 2.41 bits per heavy atom. The maximum absolute atomic E-state index is 10.8. The molecule has 1 saturated carbocycles. The summed E-state index contributed by atoms with van der Waals surface area (Å²) in [7, 11) is 1.87. The fraction of sp³-hybridized carbons (Fsp3) is 0.586. The summed E-state index contributed by atoms with van der Waals surface area (Å²) in [5.74, 6) is 1.75. The lowest BCUT2D eigenvalue weighted by atomic mass is 9.93. The predicted molar refractivity (Wildman–Crippen MR) is 157 cm³/mol. The van der Waals surface area contributed by atoms with E-state index in [-0.39, 0.29) is 12.7 Å². The number of nitrogens with zero attached hydrogens (tertiary/aromatic N) is 5. The van der Waals surface area contributed by atoms with Crippen LogP contribution in [-0.2, 0) is 4.74 Å². The average Bonchev–Trinajstić information content (AvgIpc) is 3.37. The minimum atomic E-state index is -3.96. The standard InChI is InChI=1S/C26H37N7O2.C3H5F3/c1-16(2)17(3)28-22-10-11-23(29-18(22)4)21-12-13-33-24(21)25(27-5)31-26(32-33)30-19-6-8-20(9-7-19)35-15-14-34;1-2-3(4,5)6/h10-13,16,19-20,34H,6-9,14-15H2,1-5H3,(H2,27,30,31,32);2H2,1H3. The lowest BCUT2D eigenvalue weighted by molar-refractivity contribution is -0.130. The van der Waals surface area contributed by atoms with Gasteiger partial charge in [-0.3, -0.25) is 9.98 Å². The monoisotopic (exact) mass is 577 g/mol. The third-order valence-corrected chi connectivity index (χ3v) is 7.07. The second kappa shape index (κ2) is 14.6. The summed E-state index contributed by atoms with van der Waals surface area (Å²) in [4.78, 5) is 14.4. The number of alkyl halides is 3. The van der Waals surface area contributed by atoms with Gasteiger partial charge in [-0.15, -0.1) is 5.10 Å². The quantitative estimate of drug-likeness (QED) is 0.247. The summed E-state index contributed by atoms with van der Waals surface area (Å²) in [5.41, 5.74) is 5.62. The summed E-state index contributed by atoms with van der Waals surface area (Å²) in [6, 6.07) is 6.37. The van der Waals surface area contributed by atoms with E-state index in [1.807, 2.05) is 42.9 Å². The molecule has 0 aromatic carbocycles. The molecule has 226 valence electrons. The first-order valence-corrected chi connectivity index (χ1v) is 14.1. The van der Waals surface area contributed by atoms with E-state index in [9.17, 15) is 13.2 Å². The van der Waals surface area contributed by atoms with Gasteiger partial charge in [0.25, 0.3) is 0 Å².